The second kappa shape index (κ2) is 12.3. The smallest absolute Gasteiger partial charge is 0.147 e. The zero-order chi connectivity index (χ0) is 30.3. The molecular weight excluding hydrogens is 556 g/mol. The molecule has 0 radical (unpaired) electrons. The highest BCUT2D eigenvalue weighted by atomic mass is 16.5. The van der Waals surface area contributed by atoms with Gasteiger partial charge in [-0.3, -0.25) is 0 Å². The van der Waals surface area contributed by atoms with Crippen LogP contribution >= 0.6 is 0 Å². The van der Waals surface area contributed by atoms with Crippen LogP contribution in [0.2, 0.25) is 0 Å². The van der Waals surface area contributed by atoms with Crippen molar-refractivity contribution in [3.63, 3.8) is 0 Å². The first-order chi connectivity index (χ1) is 20.8. The maximum atomic E-state index is 10.4. The monoisotopic (exact) mass is 592 g/mol. The molecule has 2 aromatic carbocycles. The molecule has 3 heterocycles. The van der Waals surface area contributed by atoms with Crippen LogP contribution in [-0.2, 0) is 19.6 Å². The van der Waals surface area contributed by atoms with Gasteiger partial charge in [-0.05, 0) is 59.4 Å². The molecule has 8 unspecified atom stereocenters. The highest BCUT2D eigenvalue weighted by Crippen LogP contribution is 2.54. The minimum absolute atomic E-state index is 0.145. The van der Waals surface area contributed by atoms with Gasteiger partial charge in [-0.1, -0.05) is 35.8 Å². The van der Waals surface area contributed by atoms with Crippen LogP contribution in [0.3, 0.4) is 0 Å². The van der Waals surface area contributed by atoms with E-state index in [0.29, 0.717) is 18.8 Å². The third-order valence-corrected chi connectivity index (χ3v) is 9.07. The number of aliphatic hydroxyl groups excluding tert-OH is 7. The van der Waals surface area contributed by atoms with Gasteiger partial charge in [-0.15, -0.1) is 0 Å². The summed E-state index contributed by atoms with van der Waals surface area (Å²) in [5.74, 6) is 12.0. The lowest BCUT2D eigenvalue weighted by atomic mass is 9.72. The summed E-state index contributed by atoms with van der Waals surface area (Å²) in [5.41, 5.74) is 5.48. The van der Waals surface area contributed by atoms with Gasteiger partial charge in [0.15, 0.2) is 0 Å². The van der Waals surface area contributed by atoms with Gasteiger partial charge in [-0.2, -0.15) is 0 Å². The Morgan fingerprint density at radius 2 is 1.28 bits per heavy atom. The van der Waals surface area contributed by atoms with Crippen molar-refractivity contribution in [2.45, 2.75) is 79.6 Å². The summed E-state index contributed by atoms with van der Waals surface area (Å²) in [6.07, 6.45) is -8.52. The molecule has 3 aliphatic heterocycles. The molecule has 4 aliphatic rings. The topological polar surface area (TPSA) is 169 Å². The summed E-state index contributed by atoms with van der Waals surface area (Å²) in [7, 11) is 0. The minimum atomic E-state index is -1.49. The van der Waals surface area contributed by atoms with Crippen LogP contribution in [0, 0.1) is 23.7 Å². The third kappa shape index (κ3) is 5.50. The summed E-state index contributed by atoms with van der Waals surface area (Å²) in [6.45, 7) is 0.380. The van der Waals surface area contributed by atoms with Crippen molar-refractivity contribution in [2.75, 3.05) is 26.4 Å². The van der Waals surface area contributed by atoms with Gasteiger partial charge in [0.2, 0.25) is 0 Å². The first-order valence-electron chi connectivity index (χ1n) is 14.6. The summed E-state index contributed by atoms with van der Waals surface area (Å²) in [5, 5.41) is 70.0. The predicted octanol–water partition coefficient (Wildman–Crippen LogP) is -0.819. The van der Waals surface area contributed by atoms with E-state index in [4.69, 9.17) is 14.2 Å². The number of benzene rings is 2. The van der Waals surface area contributed by atoms with Crippen LogP contribution in [0.25, 0.3) is 11.1 Å². The van der Waals surface area contributed by atoms with E-state index in [2.05, 4.69) is 29.7 Å². The maximum Gasteiger partial charge on any atom is 0.147 e. The fraction of sp³-hybridized carbons (Fsp3) is 0.515. The van der Waals surface area contributed by atoms with Gasteiger partial charge in [-0.25, -0.2) is 0 Å². The number of rotatable bonds is 2. The van der Waals surface area contributed by atoms with Gasteiger partial charge in [0, 0.05) is 36.2 Å². The average molecular weight is 593 g/mol. The summed E-state index contributed by atoms with van der Waals surface area (Å²) < 4.78 is 17.0. The Hall–Kier alpha value is -2.84. The molecule has 228 valence electrons. The number of hydrogen-bond donors (Lipinski definition) is 7. The molecule has 3 saturated heterocycles. The molecule has 10 heteroatoms. The van der Waals surface area contributed by atoms with E-state index < -0.39 is 61.5 Å². The molecule has 9 atom stereocenters. The lowest BCUT2D eigenvalue weighted by molar-refractivity contribution is -0.214. The Kier molecular flexibility index (Phi) is 8.62. The summed E-state index contributed by atoms with van der Waals surface area (Å²) in [4.78, 5) is 0. The molecule has 7 N–H and O–H groups in total. The average Bonchev–Trinajstić information content (AvgIpc) is 3.28. The van der Waals surface area contributed by atoms with Crippen molar-refractivity contribution in [2.24, 2.45) is 0 Å². The number of fused-ring (bicyclic) bond motifs is 5. The van der Waals surface area contributed by atoms with E-state index >= 15 is 0 Å². The summed E-state index contributed by atoms with van der Waals surface area (Å²) >= 11 is 0. The standard InChI is InChI=1S/C33H36O10/c34-16-20-15-25(36)29(37)26(42-20)7-3-18-1-5-21-22-6-2-19(4-8-27-30(38)32(40)31(39)28(17-35)43-27)14-24(22)33(23(21)13-18)9-11-41-12-10-33/h1-2,5-6,13-14,20,25-32,34-40H,9-12,15-17H2/t20?,25?,26?,27?,28?,29?,30?,31-,32?/m1/s1. The van der Waals surface area contributed by atoms with E-state index in [1.165, 1.54) is 0 Å². The van der Waals surface area contributed by atoms with Crippen LogP contribution in [0.5, 0.6) is 0 Å². The molecule has 0 amide bonds. The van der Waals surface area contributed by atoms with Crippen molar-refractivity contribution in [3.8, 4) is 34.8 Å². The second-order valence-electron chi connectivity index (χ2n) is 11.7. The lowest BCUT2D eigenvalue weighted by Gasteiger charge is -2.37. The number of hydrogen-bond acceptors (Lipinski definition) is 10. The van der Waals surface area contributed by atoms with E-state index in [1.807, 2.05) is 30.3 Å². The fourth-order valence-electron chi connectivity index (χ4n) is 6.63. The van der Waals surface area contributed by atoms with E-state index in [-0.39, 0.29) is 18.4 Å². The van der Waals surface area contributed by atoms with Crippen LogP contribution < -0.4 is 0 Å². The molecule has 0 aromatic heterocycles. The van der Waals surface area contributed by atoms with E-state index in [0.717, 1.165) is 40.7 Å². The molecule has 10 nitrogen and oxygen atoms in total. The molecule has 1 spiro atoms. The van der Waals surface area contributed by atoms with Gasteiger partial charge >= 0.3 is 0 Å². The fourth-order valence-corrected chi connectivity index (χ4v) is 6.63. The predicted molar refractivity (Wildman–Crippen MR) is 153 cm³/mol. The van der Waals surface area contributed by atoms with E-state index in [9.17, 15) is 35.7 Å². The van der Waals surface area contributed by atoms with Crippen molar-refractivity contribution < 1.29 is 50.0 Å². The van der Waals surface area contributed by atoms with Gasteiger partial charge in [0.1, 0.15) is 42.7 Å². The van der Waals surface area contributed by atoms with Crippen LogP contribution in [-0.4, -0.2) is 117 Å². The van der Waals surface area contributed by atoms with Crippen molar-refractivity contribution in [1.82, 2.24) is 0 Å². The number of aliphatic hydroxyl groups is 7. The Balaban J connectivity index is 1.31. The minimum Gasteiger partial charge on any atom is -0.394 e. The molecular formula is C33H36O10. The Morgan fingerprint density at radius 1 is 0.698 bits per heavy atom. The zero-order valence-corrected chi connectivity index (χ0v) is 23.5. The second-order valence-corrected chi connectivity index (χ2v) is 11.7. The zero-order valence-electron chi connectivity index (χ0n) is 23.5. The molecule has 6 rings (SSSR count). The van der Waals surface area contributed by atoms with Crippen molar-refractivity contribution in [3.05, 3.63) is 58.7 Å². The SMILES string of the molecule is OCC1CC(O)C(O)C(C#Cc2ccc3c(c2)C2(CCOCC2)c2cc(C#CC4OC(CO)[C@@H](O)C(O)C4O)ccc2-3)O1. The quantitative estimate of drug-likeness (QED) is 0.219. The van der Waals surface area contributed by atoms with Gasteiger partial charge in [0.05, 0.1) is 25.4 Å². The van der Waals surface area contributed by atoms with E-state index in [1.54, 1.807) is 0 Å². The van der Waals surface area contributed by atoms with Crippen LogP contribution in [0.1, 0.15) is 41.5 Å². The lowest BCUT2D eigenvalue weighted by Crippen LogP contribution is -2.58. The molecule has 3 fully saturated rings. The highest BCUT2D eigenvalue weighted by molar-refractivity contribution is 5.82. The first kappa shape index (κ1) is 30.2. The Morgan fingerprint density at radius 3 is 1.84 bits per heavy atom. The Bertz CT molecular complexity index is 1460. The molecule has 0 saturated carbocycles. The van der Waals surface area contributed by atoms with Gasteiger partial charge < -0.3 is 50.0 Å². The van der Waals surface area contributed by atoms with Crippen molar-refractivity contribution in [1.29, 1.82) is 0 Å². The van der Waals surface area contributed by atoms with Crippen molar-refractivity contribution >= 4 is 0 Å². The first-order valence-corrected chi connectivity index (χ1v) is 14.6. The third-order valence-electron chi connectivity index (χ3n) is 9.07. The Labute approximate surface area is 249 Å². The molecule has 0 bridgehead atoms. The number of ether oxygens (including phenoxy) is 3. The molecule has 1 aliphatic carbocycles. The normalized spacial score (nSPS) is 34.3. The maximum absolute atomic E-state index is 10.4. The molecule has 2 aromatic rings. The molecule has 43 heavy (non-hydrogen) atoms. The van der Waals surface area contributed by atoms with Gasteiger partial charge in [0.25, 0.3) is 0 Å². The largest absolute Gasteiger partial charge is 0.394 e. The van der Waals surface area contributed by atoms with Crippen LogP contribution in [0.15, 0.2) is 36.4 Å². The van der Waals surface area contributed by atoms with Crippen LogP contribution in [0.4, 0.5) is 0 Å². The highest BCUT2D eigenvalue weighted by Gasteiger charge is 2.45. The summed E-state index contributed by atoms with van der Waals surface area (Å²) in [6, 6.07) is 11.9.